The Kier molecular flexibility index (Phi) is 15.6. The summed E-state index contributed by atoms with van der Waals surface area (Å²) in [6.07, 6.45) is 15.3. The monoisotopic (exact) mass is 418 g/mol. The van der Waals surface area contributed by atoms with Gasteiger partial charge in [0.25, 0.3) is 0 Å². The van der Waals surface area contributed by atoms with Crippen LogP contribution in [0, 0.1) is 0 Å². The number of ether oxygens (including phenoxy) is 1. The first kappa shape index (κ1) is 26.2. The van der Waals surface area contributed by atoms with Gasteiger partial charge in [0.15, 0.2) is 0 Å². The number of hydrogen-bond acceptors (Lipinski definition) is 4. The maximum atomic E-state index is 12.0. The van der Waals surface area contributed by atoms with Gasteiger partial charge in [0, 0.05) is 6.54 Å². The van der Waals surface area contributed by atoms with Crippen molar-refractivity contribution in [2.24, 2.45) is 5.73 Å². The number of carbonyl (C=O) groups is 2. The SMILES string of the molecule is CCCCCCCCCCCCCCNC(=O)[C@@H](N)CC(=O)OCc1ccccc1. The number of benzene rings is 1. The van der Waals surface area contributed by atoms with Gasteiger partial charge in [-0.3, -0.25) is 9.59 Å². The Balaban J connectivity index is 1.93. The van der Waals surface area contributed by atoms with Crippen molar-refractivity contribution in [2.75, 3.05) is 6.54 Å². The number of nitrogens with two attached hydrogens (primary N) is 1. The third kappa shape index (κ3) is 14.2. The third-order valence-electron chi connectivity index (χ3n) is 5.30. The zero-order valence-electron chi connectivity index (χ0n) is 18.9. The molecule has 1 aromatic carbocycles. The van der Waals surface area contributed by atoms with Gasteiger partial charge in [-0.2, -0.15) is 0 Å². The molecule has 1 aromatic rings. The summed E-state index contributed by atoms with van der Waals surface area (Å²) in [7, 11) is 0. The Morgan fingerprint density at radius 2 is 1.40 bits per heavy atom. The van der Waals surface area contributed by atoms with E-state index in [1.807, 2.05) is 30.3 Å². The van der Waals surface area contributed by atoms with Crippen LogP contribution in [0.5, 0.6) is 0 Å². The van der Waals surface area contributed by atoms with Crippen LogP contribution < -0.4 is 11.1 Å². The summed E-state index contributed by atoms with van der Waals surface area (Å²) in [6.45, 7) is 3.07. The van der Waals surface area contributed by atoms with E-state index in [0.29, 0.717) is 6.54 Å². The summed E-state index contributed by atoms with van der Waals surface area (Å²) >= 11 is 0. The Morgan fingerprint density at radius 1 is 0.867 bits per heavy atom. The number of carbonyl (C=O) groups excluding carboxylic acids is 2. The zero-order chi connectivity index (χ0) is 21.9. The Labute approximate surface area is 183 Å². The van der Waals surface area contributed by atoms with Gasteiger partial charge in [0.05, 0.1) is 12.5 Å². The minimum atomic E-state index is -0.856. The van der Waals surface area contributed by atoms with Crippen molar-refractivity contribution in [1.82, 2.24) is 5.32 Å². The molecule has 3 N–H and O–H groups in total. The van der Waals surface area contributed by atoms with E-state index in [0.717, 1.165) is 18.4 Å². The molecular weight excluding hydrogens is 376 g/mol. The van der Waals surface area contributed by atoms with E-state index in [1.165, 1.54) is 64.2 Å². The number of unbranched alkanes of at least 4 members (excludes halogenated alkanes) is 11. The zero-order valence-corrected chi connectivity index (χ0v) is 18.9. The molecule has 5 nitrogen and oxygen atoms in total. The van der Waals surface area contributed by atoms with Crippen LogP contribution in [0.4, 0.5) is 0 Å². The molecule has 0 saturated carbocycles. The van der Waals surface area contributed by atoms with Crippen LogP contribution in [0.25, 0.3) is 0 Å². The first-order valence-electron chi connectivity index (χ1n) is 11.9. The van der Waals surface area contributed by atoms with Crippen LogP contribution in [-0.4, -0.2) is 24.5 Å². The van der Waals surface area contributed by atoms with E-state index in [2.05, 4.69) is 12.2 Å². The van der Waals surface area contributed by atoms with Gasteiger partial charge in [-0.25, -0.2) is 0 Å². The highest BCUT2D eigenvalue weighted by molar-refractivity contribution is 5.86. The lowest BCUT2D eigenvalue weighted by Crippen LogP contribution is -2.42. The highest BCUT2D eigenvalue weighted by atomic mass is 16.5. The molecule has 0 aliphatic carbocycles. The standard InChI is InChI=1S/C25H42N2O3/c1-2-3-4-5-6-7-8-9-10-11-12-16-19-27-25(29)23(26)20-24(28)30-21-22-17-14-13-15-18-22/h13-15,17-18,23H,2-12,16,19-21,26H2,1H3,(H,27,29)/t23-/m0/s1. The van der Waals surface area contributed by atoms with E-state index in [9.17, 15) is 9.59 Å². The van der Waals surface area contributed by atoms with Gasteiger partial charge in [-0.05, 0) is 12.0 Å². The van der Waals surface area contributed by atoms with Crippen LogP contribution in [0.3, 0.4) is 0 Å². The third-order valence-corrected chi connectivity index (χ3v) is 5.30. The lowest BCUT2D eigenvalue weighted by Gasteiger charge is -2.12. The predicted octanol–water partition coefficient (Wildman–Crippen LogP) is 5.26. The molecule has 0 aliphatic heterocycles. The van der Waals surface area contributed by atoms with Crippen molar-refractivity contribution in [3.8, 4) is 0 Å². The summed E-state index contributed by atoms with van der Waals surface area (Å²) < 4.78 is 5.17. The van der Waals surface area contributed by atoms with Crippen molar-refractivity contribution < 1.29 is 14.3 Å². The maximum absolute atomic E-state index is 12.0. The highest BCUT2D eigenvalue weighted by Crippen LogP contribution is 2.11. The van der Waals surface area contributed by atoms with Gasteiger partial charge < -0.3 is 15.8 Å². The first-order chi connectivity index (χ1) is 14.6. The topological polar surface area (TPSA) is 81.4 Å². The smallest absolute Gasteiger partial charge is 0.308 e. The molecule has 1 amide bonds. The number of hydrogen-bond donors (Lipinski definition) is 2. The molecule has 0 radical (unpaired) electrons. The summed E-state index contributed by atoms with van der Waals surface area (Å²) in [5, 5.41) is 2.83. The summed E-state index contributed by atoms with van der Waals surface area (Å²) in [4.78, 5) is 23.8. The Morgan fingerprint density at radius 3 is 1.97 bits per heavy atom. The molecule has 170 valence electrons. The fourth-order valence-corrected chi connectivity index (χ4v) is 3.38. The minimum Gasteiger partial charge on any atom is -0.461 e. The van der Waals surface area contributed by atoms with Gasteiger partial charge in [0.2, 0.25) is 5.91 Å². The molecule has 0 heterocycles. The quantitative estimate of drug-likeness (QED) is 0.251. The maximum Gasteiger partial charge on any atom is 0.308 e. The molecule has 1 atom stereocenters. The predicted molar refractivity (Wildman–Crippen MR) is 123 cm³/mol. The average Bonchev–Trinajstić information content (AvgIpc) is 2.76. The molecule has 30 heavy (non-hydrogen) atoms. The van der Waals surface area contributed by atoms with Crippen LogP contribution >= 0.6 is 0 Å². The first-order valence-corrected chi connectivity index (χ1v) is 11.9. The lowest BCUT2D eigenvalue weighted by atomic mass is 10.1. The fourth-order valence-electron chi connectivity index (χ4n) is 3.38. The van der Waals surface area contributed by atoms with Crippen molar-refractivity contribution in [1.29, 1.82) is 0 Å². The Bertz CT molecular complexity index is 563. The van der Waals surface area contributed by atoms with Gasteiger partial charge in [-0.15, -0.1) is 0 Å². The summed E-state index contributed by atoms with van der Waals surface area (Å²) in [5.41, 5.74) is 6.73. The number of nitrogens with one attached hydrogen (secondary N) is 1. The molecule has 5 heteroatoms. The van der Waals surface area contributed by atoms with Gasteiger partial charge >= 0.3 is 5.97 Å². The van der Waals surface area contributed by atoms with Crippen molar-refractivity contribution in [3.63, 3.8) is 0 Å². The number of rotatable bonds is 18. The fraction of sp³-hybridized carbons (Fsp3) is 0.680. The second-order valence-electron chi connectivity index (χ2n) is 8.14. The van der Waals surface area contributed by atoms with Crippen LogP contribution in [0.1, 0.15) is 96.0 Å². The normalized spacial score (nSPS) is 11.8. The molecule has 1 rings (SSSR count). The molecule has 0 fully saturated rings. The largest absolute Gasteiger partial charge is 0.461 e. The van der Waals surface area contributed by atoms with Crippen LogP contribution in [0.15, 0.2) is 30.3 Å². The minimum absolute atomic E-state index is 0.100. The number of amides is 1. The molecule has 0 bridgehead atoms. The van der Waals surface area contributed by atoms with E-state index in [1.54, 1.807) is 0 Å². The van der Waals surface area contributed by atoms with E-state index >= 15 is 0 Å². The van der Waals surface area contributed by atoms with E-state index < -0.39 is 12.0 Å². The summed E-state index contributed by atoms with van der Waals surface area (Å²) in [6, 6.07) is 8.59. The molecule has 0 saturated heterocycles. The molecule has 0 aliphatic rings. The van der Waals surface area contributed by atoms with Crippen LogP contribution in [0.2, 0.25) is 0 Å². The van der Waals surface area contributed by atoms with Gasteiger partial charge in [0.1, 0.15) is 6.61 Å². The molecule has 0 unspecified atom stereocenters. The molecular formula is C25H42N2O3. The average molecular weight is 419 g/mol. The van der Waals surface area contributed by atoms with Crippen molar-refractivity contribution >= 4 is 11.9 Å². The van der Waals surface area contributed by atoms with Crippen LogP contribution in [-0.2, 0) is 20.9 Å². The number of esters is 1. The Hall–Kier alpha value is -1.88. The lowest BCUT2D eigenvalue weighted by molar-refractivity contribution is -0.146. The molecule has 0 spiro atoms. The van der Waals surface area contributed by atoms with E-state index in [4.69, 9.17) is 10.5 Å². The van der Waals surface area contributed by atoms with E-state index in [-0.39, 0.29) is 18.9 Å². The van der Waals surface area contributed by atoms with Crippen molar-refractivity contribution in [2.45, 2.75) is 103 Å². The van der Waals surface area contributed by atoms with Gasteiger partial charge in [-0.1, -0.05) is 108 Å². The van der Waals surface area contributed by atoms with Crippen molar-refractivity contribution in [3.05, 3.63) is 35.9 Å². The highest BCUT2D eigenvalue weighted by Gasteiger charge is 2.18. The second-order valence-corrected chi connectivity index (χ2v) is 8.14. The summed E-state index contributed by atoms with van der Waals surface area (Å²) in [5.74, 6) is -0.735. The second kappa shape index (κ2) is 17.9. The molecule has 0 aromatic heterocycles.